The molecule has 1 rings (SSSR count). The van der Waals surface area contributed by atoms with Crippen molar-refractivity contribution < 1.29 is 9.59 Å². The van der Waals surface area contributed by atoms with Crippen LogP contribution in [0.4, 0.5) is 10.5 Å². The fourth-order valence-corrected chi connectivity index (χ4v) is 1.85. The van der Waals surface area contributed by atoms with Crippen LogP contribution in [0.3, 0.4) is 0 Å². The molecule has 0 atom stereocenters. The third kappa shape index (κ3) is 8.52. The first-order chi connectivity index (χ1) is 10.5. The van der Waals surface area contributed by atoms with Crippen molar-refractivity contribution in [3.05, 3.63) is 29.3 Å². The Morgan fingerprint density at radius 1 is 1.09 bits per heavy atom. The van der Waals surface area contributed by atoms with Gasteiger partial charge in [-0.25, -0.2) is 4.79 Å². The first-order valence-electron chi connectivity index (χ1n) is 7.54. The largest absolute Gasteiger partial charge is 0.356 e. The van der Waals surface area contributed by atoms with Crippen molar-refractivity contribution in [2.45, 2.75) is 33.1 Å². The summed E-state index contributed by atoms with van der Waals surface area (Å²) in [5.74, 6) is 0.529. The molecule has 0 fully saturated rings. The fourth-order valence-electron chi connectivity index (χ4n) is 1.73. The highest BCUT2D eigenvalue weighted by atomic mass is 35.5. The summed E-state index contributed by atoms with van der Waals surface area (Å²) >= 11 is 5.77. The number of urea groups is 1. The molecule has 6 heteroatoms. The summed E-state index contributed by atoms with van der Waals surface area (Å²) in [7, 11) is 0. The number of carbonyl (C=O) groups excluding carboxylic acids is 2. The molecule has 3 amide bonds. The van der Waals surface area contributed by atoms with E-state index in [1.54, 1.807) is 24.3 Å². The zero-order valence-electron chi connectivity index (χ0n) is 13.1. The Balaban J connectivity index is 2.08. The van der Waals surface area contributed by atoms with E-state index in [0.717, 1.165) is 12.8 Å². The van der Waals surface area contributed by atoms with Gasteiger partial charge in [-0.1, -0.05) is 25.4 Å². The van der Waals surface area contributed by atoms with Crippen molar-refractivity contribution in [3.63, 3.8) is 0 Å². The molecule has 0 saturated carbocycles. The molecule has 22 heavy (non-hydrogen) atoms. The number of hydrogen-bond acceptors (Lipinski definition) is 2. The van der Waals surface area contributed by atoms with Crippen molar-refractivity contribution in [2.24, 2.45) is 5.92 Å². The van der Waals surface area contributed by atoms with Crippen LogP contribution in [0.1, 0.15) is 33.1 Å². The zero-order chi connectivity index (χ0) is 16.4. The number of carbonyl (C=O) groups is 2. The number of halogens is 1. The number of unbranched alkanes of at least 4 members (excludes halogenated alkanes) is 1. The molecule has 1 aromatic carbocycles. The number of rotatable bonds is 8. The average Bonchev–Trinajstić information content (AvgIpc) is 2.47. The second-order valence-electron chi connectivity index (χ2n) is 5.54. The lowest BCUT2D eigenvalue weighted by molar-refractivity contribution is -0.121. The molecule has 0 unspecified atom stereocenters. The molecule has 122 valence electrons. The second kappa shape index (κ2) is 10.1. The Kier molecular flexibility index (Phi) is 8.36. The molecule has 0 heterocycles. The minimum absolute atomic E-state index is 0.0688. The lowest BCUT2D eigenvalue weighted by atomic mass is 10.2. The number of benzene rings is 1. The lowest BCUT2D eigenvalue weighted by Gasteiger charge is -2.09. The van der Waals surface area contributed by atoms with E-state index < -0.39 is 0 Å². The second-order valence-corrected chi connectivity index (χ2v) is 5.98. The average molecular weight is 326 g/mol. The van der Waals surface area contributed by atoms with Crippen LogP contribution in [0.15, 0.2) is 24.3 Å². The van der Waals surface area contributed by atoms with Crippen LogP contribution in [0.25, 0.3) is 0 Å². The molecular formula is C16H24ClN3O2. The Bertz CT molecular complexity index is 475. The smallest absolute Gasteiger partial charge is 0.319 e. The summed E-state index contributed by atoms with van der Waals surface area (Å²) < 4.78 is 0. The van der Waals surface area contributed by atoms with Crippen molar-refractivity contribution >= 4 is 29.2 Å². The number of hydrogen-bond donors (Lipinski definition) is 3. The SMILES string of the molecule is CC(C)CNC(=O)CCCCNC(=O)Nc1ccc(Cl)cc1. The molecule has 0 radical (unpaired) electrons. The third-order valence-corrected chi connectivity index (χ3v) is 3.18. The first-order valence-corrected chi connectivity index (χ1v) is 7.92. The molecule has 0 aliphatic heterocycles. The summed E-state index contributed by atoms with van der Waals surface area (Å²) in [6.07, 6.45) is 2.02. The molecule has 0 aliphatic carbocycles. The van der Waals surface area contributed by atoms with E-state index in [0.29, 0.717) is 36.1 Å². The highest BCUT2D eigenvalue weighted by Crippen LogP contribution is 2.12. The van der Waals surface area contributed by atoms with Gasteiger partial charge in [0.1, 0.15) is 0 Å². The summed E-state index contributed by atoms with van der Waals surface area (Å²) in [5, 5.41) is 8.96. The molecule has 0 bridgehead atoms. The van der Waals surface area contributed by atoms with Crippen LogP contribution in [-0.4, -0.2) is 25.0 Å². The van der Waals surface area contributed by atoms with E-state index >= 15 is 0 Å². The minimum Gasteiger partial charge on any atom is -0.356 e. The summed E-state index contributed by atoms with van der Waals surface area (Å²) in [6, 6.07) is 6.65. The Hall–Kier alpha value is -1.75. The normalized spacial score (nSPS) is 10.4. The van der Waals surface area contributed by atoms with Crippen LogP contribution in [-0.2, 0) is 4.79 Å². The first kappa shape index (κ1) is 18.3. The van der Waals surface area contributed by atoms with Gasteiger partial charge in [0.2, 0.25) is 5.91 Å². The van der Waals surface area contributed by atoms with Crippen molar-refractivity contribution in [2.75, 3.05) is 18.4 Å². The van der Waals surface area contributed by atoms with Gasteiger partial charge in [-0.05, 0) is 43.0 Å². The number of amides is 3. The molecule has 0 spiro atoms. The van der Waals surface area contributed by atoms with E-state index in [-0.39, 0.29) is 11.9 Å². The van der Waals surface area contributed by atoms with E-state index in [2.05, 4.69) is 29.8 Å². The van der Waals surface area contributed by atoms with Crippen LogP contribution in [0, 0.1) is 5.92 Å². The molecule has 5 nitrogen and oxygen atoms in total. The van der Waals surface area contributed by atoms with E-state index in [9.17, 15) is 9.59 Å². The zero-order valence-corrected chi connectivity index (χ0v) is 13.9. The van der Waals surface area contributed by atoms with Gasteiger partial charge in [0, 0.05) is 30.2 Å². The quantitative estimate of drug-likeness (QED) is 0.641. The topological polar surface area (TPSA) is 70.2 Å². The predicted molar refractivity (Wildman–Crippen MR) is 90.2 cm³/mol. The number of anilines is 1. The molecule has 1 aromatic rings. The Labute approximate surface area is 136 Å². The van der Waals surface area contributed by atoms with Gasteiger partial charge in [0.25, 0.3) is 0 Å². The highest BCUT2D eigenvalue weighted by molar-refractivity contribution is 6.30. The van der Waals surface area contributed by atoms with Crippen LogP contribution >= 0.6 is 11.6 Å². The van der Waals surface area contributed by atoms with Gasteiger partial charge in [0.05, 0.1) is 0 Å². The summed E-state index contributed by atoms with van der Waals surface area (Å²) in [5.41, 5.74) is 0.690. The Morgan fingerprint density at radius 3 is 2.41 bits per heavy atom. The fraction of sp³-hybridized carbons (Fsp3) is 0.500. The molecule has 0 saturated heterocycles. The van der Waals surface area contributed by atoms with Gasteiger partial charge in [-0.2, -0.15) is 0 Å². The minimum atomic E-state index is -0.258. The molecule has 0 aliphatic rings. The van der Waals surface area contributed by atoms with E-state index in [1.165, 1.54) is 0 Å². The van der Waals surface area contributed by atoms with Gasteiger partial charge < -0.3 is 16.0 Å². The van der Waals surface area contributed by atoms with Crippen molar-refractivity contribution in [1.82, 2.24) is 10.6 Å². The highest BCUT2D eigenvalue weighted by Gasteiger charge is 2.03. The maximum Gasteiger partial charge on any atom is 0.319 e. The summed E-state index contributed by atoms with van der Waals surface area (Å²) in [6.45, 7) is 5.37. The maximum absolute atomic E-state index is 11.6. The Morgan fingerprint density at radius 2 is 1.77 bits per heavy atom. The molecular weight excluding hydrogens is 302 g/mol. The third-order valence-electron chi connectivity index (χ3n) is 2.93. The van der Waals surface area contributed by atoms with Gasteiger partial charge >= 0.3 is 6.03 Å². The van der Waals surface area contributed by atoms with Crippen LogP contribution in [0.5, 0.6) is 0 Å². The van der Waals surface area contributed by atoms with Crippen molar-refractivity contribution in [3.8, 4) is 0 Å². The molecule has 0 aromatic heterocycles. The maximum atomic E-state index is 11.6. The molecule has 3 N–H and O–H groups in total. The van der Waals surface area contributed by atoms with Gasteiger partial charge in [0.15, 0.2) is 0 Å². The van der Waals surface area contributed by atoms with E-state index in [1.807, 2.05) is 0 Å². The standard InChI is InChI=1S/C16H24ClN3O2/c1-12(2)11-19-15(21)5-3-4-10-18-16(22)20-14-8-6-13(17)7-9-14/h6-9,12H,3-5,10-11H2,1-2H3,(H,19,21)(H2,18,20,22). The van der Waals surface area contributed by atoms with Crippen LogP contribution < -0.4 is 16.0 Å². The number of nitrogens with one attached hydrogen (secondary N) is 3. The lowest BCUT2D eigenvalue weighted by Crippen LogP contribution is -2.30. The monoisotopic (exact) mass is 325 g/mol. The van der Waals surface area contributed by atoms with Crippen LogP contribution in [0.2, 0.25) is 5.02 Å². The van der Waals surface area contributed by atoms with Gasteiger partial charge in [-0.15, -0.1) is 0 Å². The van der Waals surface area contributed by atoms with Gasteiger partial charge in [-0.3, -0.25) is 4.79 Å². The van der Waals surface area contributed by atoms with Crippen molar-refractivity contribution in [1.29, 1.82) is 0 Å². The van der Waals surface area contributed by atoms with E-state index in [4.69, 9.17) is 11.6 Å². The summed E-state index contributed by atoms with van der Waals surface area (Å²) in [4.78, 5) is 23.1. The predicted octanol–water partition coefficient (Wildman–Crippen LogP) is 3.40.